The second-order valence-corrected chi connectivity index (χ2v) is 16.5. The Morgan fingerprint density at radius 2 is 0.621 bits per heavy atom. The summed E-state index contributed by atoms with van der Waals surface area (Å²) in [5.74, 6) is 0. The molecule has 0 aliphatic heterocycles. The molecular formula is C56H32N10. The molecule has 0 atom stereocenters. The number of para-hydroxylation sites is 4. The molecule has 66 heavy (non-hydrogen) atoms. The number of hydrogen-bond acceptors (Lipinski definition) is 6. The zero-order chi connectivity index (χ0) is 43.5. The van der Waals surface area contributed by atoms with E-state index >= 15 is 0 Å². The van der Waals surface area contributed by atoms with Gasteiger partial charge < -0.3 is 18.3 Å². The van der Waals surface area contributed by atoms with E-state index < -0.39 is 0 Å². The monoisotopic (exact) mass is 844 g/mol. The van der Waals surface area contributed by atoms with Crippen LogP contribution in [0.25, 0.3) is 121 Å². The van der Waals surface area contributed by atoms with Crippen molar-refractivity contribution < 1.29 is 0 Å². The molecule has 306 valence electrons. The molecule has 14 aromatic rings. The smallest absolute Gasteiger partial charge is 0.104 e. The molecule has 0 N–H and O–H groups in total. The van der Waals surface area contributed by atoms with Crippen LogP contribution in [0.4, 0.5) is 0 Å². The van der Waals surface area contributed by atoms with Crippen molar-refractivity contribution in [1.29, 1.82) is 5.26 Å². The molecule has 0 saturated heterocycles. The molecule has 10 heteroatoms. The largest absolute Gasteiger partial charge is 0.306 e. The van der Waals surface area contributed by atoms with E-state index in [9.17, 15) is 5.26 Å². The topological polar surface area (TPSA) is 108 Å². The van der Waals surface area contributed by atoms with Crippen LogP contribution in [-0.4, -0.2) is 43.2 Å². The van der Waals surface area contributed by atoms with Crippen molar-refractivity contribution in [3.63, 3.8) is 0 Å². The highest BCUT2D eigenvalue weighted by Crippen LogP contribution is 2.51. The molecular weight excluding hydrogens is 813 g/mol. The average Bonchev–Trinajstić information content (AvgIpc) is 4.11. The van der Waals surface area contributed by atoms with E-state index in [4.69, 9.17) is 19.9 Å². The molecule has 0 amide bonds. The lowest BCUT2D eigenvalue weighted by Crippen LogP contribution is -2.16. The Hall–Kier alpha value is -9.46. The number of nitrogens with zero attached hydrogens (tertiary/aromatic N) is 10. The first kappa shape index (κ1) is 36.1. The van der Waals surface area contributed by atoms with E-state index in [0.717, 1.165) is 110 Å². The maximum Gasteiger partial charge on any atom is 0.104 e. The molecule has 10 nitrogen and oxygen atoms in total. The molecule has 14 rings (SSSR count). The number of fused-ring (bicyclic) bond motifs is 12. The fraction of sp³-hybridized carbons (Fsp3) is 0. The SMILES string of the molecule is N#Cc1c(-n2c3ccccc3c3ccncc32)c(-c2ccncc2)c(-n2c3ccccc3c3ccncc32)c(-n2c3ccccc3c3ccncc32)c1-n1c2ccccc2c2ccncc21. The Labute approximate surface area is 375 Å². The Balaban J connectivity index is 1.37. The number of nitriles is 1. The van der Waals surface area contributed by atoms with Gasteiger partial charge in [0.25, 0.3) is 0 Å². The highest BCUT2D eigenvalue weighted by molar-refractivity contribution is 6.16. The van der Waals surface area contributed by atoms with Gasteiger partial charge in [-0.25, -0.2) is 0 Å². The molecule has 9 heterocycles. The Morgan fingerprint density at radius 3 is 1.02 bits per heavy atom. The number of aromatic nitrogens is 9. The van der Waals surface area contributed by atoms with Crippen molar-refractivity contribution in [3.8, 4) is 39.9 Å². The first-order valence-corrected chi connectivity index (χ1v) is 21.7. The number of benzene rings is 5. The van der Waals surface area contributed by atoms with Crippen LogP contribution >= 0.6 is 0 Å². The lowest BCUT2D eigenvalue weighted by molar-refractivity contribution is 1.02. The van der Waals surface area contributed by atoms with Crippen LogP contribution in [0.5, 0.6) is 0 Å². The lowest BCUT2D eigenvalue weighted by atomic mass is 9.93. The van der Waals surface area contributed by atoms with E-state index in [2.05, 4.69) is 151 Å². The van der Waals surface area contributed by atoms with Crippen LogP contribution in [-0.2, 0) is 0 Å². The first-order chi connectivity index (χ1) is 32.8. The predicted octanol–water partition coefficient (Wildman–Crippen LogP) is 12.6. The van der Waals surface area contributed by atoms with Gasteiger partial charge in [0.2, 0.25) is 0 Å². The quantitative estimate of drug-likeness (QED) is 0.171. The van der Waals surface area contributed by atoms with E-state index in [-0.39, 0.29) is 0 Å². The summed E-state index contributed by atoms with van der Waals surface area (Å²) in [6.45, 7) is 0. The van der Waals surface area contributed by atoms with Crippen LogP contribution in [0.3, 0.4) is 0 Å². The Bertz CT molecular complexity index is 4160. The molecule has 0 unspecified atom stereocenters. The van der Waals surface area contributed by atoms with Crippen molar-refractivity contribution in [2.75, 3.05) is 0 Å². The van der Waals surface area contributed by atoms with Gasteiger partial charge in [0.1, 0.15) is 11.6 Å². The summed E-state index contributed by atoms with van der Waals surface area (Å²) < 4.78 is 9.17. The second kappa shape index (κ2) is 13.8. The number of hydrogen-bond donors (Lipinski definition) is 0. The van der Waals surface area contributed by atoms with Crippen LogP contribution < -0.4 is 0 Å². The third-order valence-electron chi connectivity index (χ3n) is 13.3. The summed E-state index contributed by atoms with van der Waals surface area (Å²) in [6, 6.07) is 49.1. The fourth-order valence-corrected chi connectivity index (χ4v) is 10.7. The minimum Gasteiger partial charge on any atom is -0.306 e. The van der Waals surface area contributed by atoms with Gasteiger partial charge in [0.15, 0.2) is 0 Å². The summed E-state index contributed by atoms with van der Waals surface area (Å²) in [6.07, 6.45) is 18.7. The van der Waals surface area contributed by atoms with Gasteiger partial charge in [-0.2, -0.15) is 5.26 Å². The fourth-order valence-electron chi connectivity index (χ4n) is 10.7. The summed E-state index contributed by atoms with van der Waals surface area (Å²) in [5.41, 5.74) is 12.4. The van der Waals surface area contributed by atoms with Gasteiger partial charge in [-0.15, -0.1) is 0 Å². The molecule has 0 bridgehead atoms. The van der Waals surface area contributed by atoms with Crippen molar-refractivity contribution in [1.82, 2.24) is 43.2 Å². The normalized spacial score (nSPS) is 11.9. The third kappa shape index (κ3) is 4.80. The molecule has 0 radical (unpaired) electrons. The predicted molar refractivity (Wildman–Crippen MR) is 263 cm³/mol. The zero-order valence-electron chi connectivity index (χ0n) is 34.9. The van der Waals surface area contributed by atoms with Gasteiger partial charge in [-0.3, -0.25) is 24.9 Å². The lowest BCUT2D eigenvalue weighted by Gasteiger charge is -2.29. The molecule has 5 aromatic carbocycles. The van der Waals surface area contributed by atoms with E-state index in [1.165, 1.54) is 0 Å². The number of rotatable bonds is 5. The highest BCUT2D eigenvalue weighted by Gasteiger charge is 2.35. The van der Waals surface area contributed by atoms with Crippen LogP contribution in [0.1, 0.15) is 5.56 Å². The second-order valence-electron chi connectivity index (χ2n) is 16.5. The molecule has 0 aliphatic carbocycles. The van der Waals surface area contributed by atoms with Crippen LogP contribution in [0, 0.1) is 11.3 Å². The van der Waals surface area contributed by atoms with Crippen molar-refractivity contribution in [2.45, 2.75) is 0 Å². The van der Waals surface area contributed by atoms with Gasteiger partial charge in [-0.05, 0) is 66.2 Å². The van der Waals surface area contributed by atoms with Crippen molar-refractivity contribution in [3.05, 3.63) is 201 Å². The van der Waals surface area contributed by atoms with Crippen molar-refractivity contribution >= 4 is 87.2 Å². The van der Waals surface area contributed by atoms with Gasteiger partial charge >= 0.3 is 0 Å². The maximum absolute atomic E-state index is 12.4. The summed E-state index contributed by atoms with van der Waals surface area (Å²) in [7, 11) is 0. The van der Waals surface area contributed by atoms with E-state index in [1.54, 1.807) is 0 Å². The first-order valence-electron chi connectivity index (χ1n) is 21.7. The zero-order valence-corrected chi connectivity index (χ0v) is 34.9. The highest BCUT2D eigenvalue weighted by atomic mass is 15.1. The summed E-state index contributed by atoms with van der Waals surface area (Å²) >= 11 is 0. The summed E-state index contributed by atoms with van der Waals surface area (Å²) in [5, 5.41) is 20.7. The maximum atomic E-state index is 12.4. The minimum absolute atomic E-state index is 0.451. The molecule has 0 spiro atoms. The van der Waals surface area contributed by atoms with Gasteiger partial charge in [-0.1, -0.05) is 72.8 Å². The summed E-state index contributed by atoms with van der Waals surface area (Å²) in [4.78, 5) is 23.6. The molecule has 9 aromatic heterocycles. The number of pyridine rings is 5. The average molecular weight is 845 g/mol. The van der Waals surface area contributed by atoms with Gasteiger partial charge in [0.05, 0.1) is 91.7 Å². The van der Waals surface area contributed by atoms with Crippen molar-refractivity contribution in [2.24, 2.45) is 0 Å². The van der Waals surface area contributed by atoms with Gasteiger partial charge in [0, 0.05) is 85.8 Å². The third-order valence-corrected chi connectivity index (χ3v) is 13.3. The molecule has 0 fully saturated rings. The van der Waals surface area contributed by atoms with Crippen LogP contribution in [0.15, 0.2) is 195 Å². The molecule has 0 aliphatic rings. The van der Waals surface area contributed by atoms with E-state index in [0.29, 0.717) is 16.9 Å². The van der Waals surface area contributed by atoms with E-state index in [1.807, 2.05) is 74.1 Å². The standard InChI is InChI=1S/C56H32N10/c57-29-43-53(63-44-13-5-1-9-35(44)39-19-25-59-30-48(39)63)52(34-17-23-58-24-18-34)55(65-46-15-7-3-11-37(46)41-21-27-61-32-50(41)65)56(66-47-16-8-4-12-38(47)42-22-28-62-33-51(42)66)54(43)64-45-14-6-2-10-36(45)40-20-26-60-31-49(40)64/h1-28,30-33H. The minimum atomic E-state index is 0.451. The van der Waals surface area contributed by atoms with Crippen LogP contribution in [0.2, 0.25) is 0 Å². The molecule has 0 saturated carbocycles. The Kier molecular flexibility index (Phi) is 7.52. The Morgan fingerprint density at radius 1 is 0.303 bits per heavy atom.